The molecule has 0 aromatic carbocycles. The Hall–Kier alpha value is -0.750. The molecule has 0 spiro atoms. The molecule has 10 heteroatoms. The van der Waals surface area contributed by atoms with Crippen LogP contribution in [0, 0.1) is 0 Å². The predicted molar refractivity (Wildman–Crippen MR) is 105 cm³/mol. The van der Waals surface area contributed by atoms with Crippen LogP contribution in [0.3, 0.4) is 0 Å². The molecule has 0 aromatic heterocycles. The van der Waals surface area contributed by atoms with Crippen molar-refractivity contribution in [2.45, 2.75) is 52.0 Å². The summed E-state index contributed by atoms with van der Waals surface area (Å²) in [6.07, 6.45) is 7.15. The molecule has 1 aliphatic rings. The van der Waals surface area contributed by atoms with Crippen molar-refractivity contribution in [2.75, 3.05) is 26.4 Å². The molecular weight excluding hydrogens is 392 g/mol. The van der Waals surface area contributed by atoms with Crippen LogP contribution in [0.1, 0.15) is 41.0 Å². The highest BCUT2D eigenvalue weighted by Crippen LogP contribution is 2.74. The normalized spacial score (nSPS) is 20.2. The average molecular weight is 423 g/mol. The topological polar surface area (TPSA) is 100 Å². The van der Waals surface area contributed by atoms with Crippen LogP contribution in [0.15, 0.2) is 24.3 Å². The molecule has 0 radical (unpaired) electrons. The third-order valence-corrected chi connectivity index (χ3v) is 10.1. The van der Waals surface area contributed by atoms with E-state index in [1.165, 1.54) is 6.92 Å². The second-order valence-corrected chi connectivity index (χ2v) is 10.5. The number of allylic oxidation sites excluding steroid dienone is 2. The van der Waals surface area contributed by atoms with Gasteiger partial charge in [-0.05, 0) is 34.1 Å². The van der Waals surface area contributed by atoms with Crippen LogP contribution < -0.4 is 5.32 Å². The third kappa shape index (κ3) is 5.86. The molecule has 27 heavy (non-hydrogen) atoms. The van der Waals surface area contributed by atoms with Crippen molar-refractivity contribution >= 4 is 21.1 Å². The smallest absolute Gasteiger partial charge is 0.345 e. The van der Waals surface area contributed by atoms with Crippen LogP contribution >= 0.6 is 15.2 Å². The van der Waals surface area contributed by atoms with Gasteiger partial charge in [0.15, 0.2) is 5.40 Å². The summed E-state index contributed by atoms with van der Waals surface area (Å²) >= 11 is 0. The van der Waals surface area contributed by atoms with Gasteiger partial charge in [-0.25, -0.2) is 0 Å². The number of nitrogens with one attached hydrogen (secondary N) is 1. The molecule has 0 aliphatic heterocycles. The van der Waals surface area contributed by atoms with Gasteiger partial charge in [0.1, 0.15) is 0 Å². The molecule has 1 aliphatic carbocycles. The summed E-state index contributed by atoms with van der Waals surface area (Å²) in [6.45, 7) is 8.28. The van der Waals surface area contributed by atoms with Crippen LogP contribution in [0.5, 0.6) is 0 Å². The lowest BCUT2D eigenvalue weighted by Gasteiger charge is -2.43. The molecule has 1 rings (SSSR count). The van der Waals surface area contributed by atoms with Crippen molar-refractivity contribution in [1.29, 1.82) is 0 Å². The van der Waals surface area contributed by atoms with Gasteiger partial charge in [0, 0.05) is 6.92 Å². The standard InChI is InChI=1S/C17H31NO7P2/c1-6-22-26(20,23-7-2)16(27(21,24-8-3)25-9-4)17(18-15(5)19)13-11-10-12-14-17/h10-13,16H,6-9,14H2,1-5H3,(H,18,19). The summed E-state index contributed by atoms with van der Waals surface area (Å²) in [7, 11) is -8.03. The Morgan fingerprint density at radius 2 is 1.41 bits per heavy atom. The van der Waals surface area contributed by atoms with E-state index < -0.39 is 26.1 Å². The number of hydrogen-bond donors (Lipinski definition) is 1. The quantitative estimate of drug-likeness (QED) is 0.469. The van der Waals surface area contributed by atoms with Crippen molar-refractivity contribution in [3.63, 3.8) is 0 Å². The number of amides is 1. The molecule has 0 bridgehead atoms. The highest BCUT2D eigenvalue weighted by atomic mass is 31.2. The maximum absolute atomic E-state index is 13.8. The molecule has 0 heterocycles. The molecule has 0 aromatic rings. The number of carbonyl (C=O) groups excluding carboxylic acids is 1. The molecule has 8 nitrogen and oxygen atoms in total. The van der Waals surface area contributed by atoms with E-state index in [4.69, 9.17) is 18.1 Å². The second-order valence-electron chi connectivity index (χ2n) is 5.84. The van der Waals surface area contributed by atoms with Gasteiger partial charge in [-0.2, -0.15) is 0 Å². The summed E-state index contributed by atoms with van der Waals surface area (Å²) in [6, 6.07) is 0. The van der Waals surface area contributed by atoms with Crippen LogP contribution in [0.4, 0.5) is 0 Å². The van der Waals surface area contributed by atoms with Crippen molar-refractivity contribution in [3.8, 4) is 0 Å². The van der Waals surface area contributed by atoms with Gasteiger partial charge >= 0.3 is 15.2 Å². The van der Waals surface area contributed by atoms with Crippen molar-refractivity contribution in [2.24, 2.45) is 0 Å². The SMILES string of the molecule is CCOP(=O)(OCC)C(C1(NC(C)=O)C=CC=CC1)P(=O)(OCC)OCC. The van der Waals surface area contributed by atoms with Crippen molar-refractivity contribution < 1.29 is 32.0 Å². The predicted octanol–water partition coefficient (Wildman–Crippen LogP) is 4.24. The number of hydrogen-bond acceptors (Lipinski definition) is 7. The molecule has 1 amide bonds. The number of rotatable bonds is 12. The first-order valence-corrected chi connectivity index (χ1v) is 12.4. The summed E-state index contributed by atoms with van der Waals surface area (Å²) in [5, 5.41) is 1.44. The van der Waals surface area contributed by atoms with Gasteiger partial charge in [-0.1, -0.05) is 24.3 Å². The van der Waals surface area contributed by atoms with E-state index >= 15 is 0 Å². The lowest BCUT2D eigenvalue weighted by molar-refractivity contribution is -0.120. The third-order valence-electron chi connectivity index (χ3n) is 3.80. The zero-order valence-corrected chi connectivity index (χ0v) is 18.5. The van der Waals surface area contributed by atoms with E-state index in [9.17, 15) is 13.9 Å². The highest BCUT2D eigenvalue weighted by molar-refractivity contribution is 7.73. The van der Waals surface area contributed by atoms with Gasteiger partial charge in [0.2, 0.25) is 5.91 Å². The molecular formula is C17H31NO7P2. The van der Waals surface area contributed by atoms with Gasteiger partial charge in [0.25, 0.3) is 0 Å². The second kappa shape index (κ2) is 10.7. The van der Waals surface area contributed by atoms with Crippen LogP contribution in [0.25, 0.3) is 0 Å². The Morgan fingerprint density at radius 1 is 0.963 bits per heavy atom. The first kappa shape index (κ1) is 24.3. The van der Waals surface area contributed by atoms with Crippen LogP contribution in [0.2, 0.25) is 0 Å². The van der Waals surface area contributed by atoms with Crippen molar-refractivity contribution in [1.82, 2.24) is 5.32 Å². The lowest BCUT2D eigenvalue weighted by Crippen LogP contribution is -2.55. The maximum atomic E-state index is 13.8. The Labute approximate surface area is 161 Å². The zero-order chi connectivity index (χ0) is 20.6. The van der Waals surface area contributed by atoms with Crippen LogP contribution in [-0.4, -0.2) is 43.3 Å². The summed E-state index contributed by atoms with van der Waals surface area (Å²) in [4.78, 5) is 12.0. The summed E-state index contributed by atoms with van der Waals surface area (Å²) < 4.78 is 49.7. The zero-order valence-electron chi connectivity index (χ0n) is 16.7. The highest BCUT2D eigenvalue weighted by Gasteiger charge is 2.61. The van der Waals surface area contributed by atoms with Gasteiger partial charge in [0.05, 0.1) is 32.0 Å². The molecule has 0 saturated carbocycles. The minimum atomic E-state index is -4.01. The molecule has 1 N–H and O–H groups in total. The van der Waals surface area contributed by atoms with E-state index in [1.54, 1.807) is 52.0 Å². The Morgan fingerprint density at radius 3 is 1.70 bits per heavy atom. The Bertz CT molecular complexity index is 599. The summed E-state index contributed by atoms with van der Waals surface area (Å²) in [5.74, 6) is -0.376. The monoisotopic (exact) mass is 423 g/mol. The summed E-state index contributed by atoms with van der Waals surface area (Å²) in [5.41, 5.74) is -1.31. The number of carbonyl (C=O) groups is 1. The average Bonchev–Trinajstić information content (AvgIpc) is 2.55. The lowest BCUT2D eigenvalue weighted by atomic mass is 9.93. The maximum Gasteiger partial charge on any atom is 0.348 e. The molecule has 1 unspecified atom stereocenters. The molecule has 156 valence electrons. The van der Waals surface area contributed by atoms with E-state index in [1.807, 2.05) is 0 Å². The molecule has 0 fully saturated rings. The molecule has 0 saturated heterocycles. The first-order chi connectivity index (χ1) is 12.7. The minimum Gasteiger partial charge on any atom is -0.345 e. The fourth-order valence-electron chi connectivity index (χ4n) is 3.13. The molecule has 1 atom stereocenters. The van der Waals surface area contributed by atoms with E-state index in [2.05, 4.69) is 5.32 Å². The fourth-order valence-corrected chi connectivity index (χ4v) is 9.11. The van der Waals surface area contributed by atoms with E-state index in [-0.39, 0.29) is 38.8 Å². The Balaban J connectivity index is 3.71. The van der Waals surface area contributed by atoms with E-state index in [0.29, 0.717) is 0 Å². The minimum absolute atomic E-state index is 0.0712. The largest absolute Gasteiger partial charge is 0.348 e. The van der Waals surface area contributed by atoms with Gasteiger partial charge in [-0.3, -0.25) is 13.9 Å². The first-order valence-electron chi connectivity index (χ1n) is 9.14. The van der Waals surface area contributed by atoms with Crippen molar-refractivity contribution in [3.05, 3.63) is 24.3 Å². The van der Waals surface area contributed by atoms with Gasteiger partial charge < -0.3 is 23.4 Å². The fraction of sp³-hybridized carbons (Fsp3) is 0.706. The van der Waals surface area contributed by atoms with Gasteiger partial charge in [-0.15, -0.1) is 0 Å². The van der Waals surface area contributed by atoms with Crippen LogP contribution in [-0.2, 0) is 32.0 Å². The Kier molecular flexibility index (Phi) is 9.63. The van der Waals surface area contributed by atoms with E-state index in [0.717, 1.165) is 0 Å².